The molecule has 2 N–H and O–H groups in total. The standard InChI is InChI=1S/C11H15N.CH5N/c1-3-7-11(8-4-1)12-9-5-2-6-10-12;1-2/h1,3-4,7-8H,2,5-6,9-10H2;2H2,1H3. The molecule has 1 saturated heterocycles. The van der Waals surface area contributed by atoms with E-state index in [0.29, 0.717) is 0 Å². The van der Waals surface area contributed by atoms with Crippen molar-refractivity contribution in [3.05, 3.63) is 30.3 Å². The minimum absolute atomic E-state index is 1.24. The van der Waals surface area contributed by atoms with Gasteiger partial charge in [0.1, 0.15) is 0 Å². The lowest BCUT2D eigenvalue weighted by molar-refractivity contribution is 0.578. The summed E-state index contributed by atoms with van der Waals surface area (Å²) in [5, 5.41) is 0. The summed E-state index contributed by atoms with van der Waals surface area (Å²) < 4.78 is 0. The van der Waals surface area contributed by atoms with E-state index in [9.17, 15) is 0 Å². The molecule has 0 amide bonds. The fourth-order valence-corrected chi connectivity index (χ4v) is 1.79. The van der Waals surface area contributed by atoms with Crippen LogP contribution in [0.25, 0.3) is 0 Å². The van der Waals surface area contributed by atoms with E-state index in [1.54, 1.807) is 0 Å². The van der Waals surface area contributed by atoms with Gasteiger partial charge in [0.05, 0.1) is 0 Å². The quantitative estimate of drug-likeness (QED) is 0.739. The maximum atomic E-state index is 4.50. The first-order valence-corrected chi connectivity index (χ1v) is 5.34. The van der Waals surface area contributed by atoms with Gasteiger partial charge in [-0.15, -0.1) is 0 Å². The normalized spacial score (nSPS) is 15.7. The van der Waals surface area contributed by atoms with Crippen LogP contribution in [-0.4, -0.2) is 20.1 Å². The summed E-state index contributed by atoms with van der Waals surface area (Å²) >= 11 is 0. The lowest BCUT2D eigenvalue weighted by Gasteiger charge is -2.28. The number of nitrogens with zero attached hydrogens (tertiary/aromatic N) is 1. The SMILES string of the molecule is CN.c1ccc(N2CCCCC2)cc1. The molecule has 1 heterocycles. The largest absolute Gasteiger partial charge is 0.372 e. The summed E-state index contributed by atoms with van der Waals surface area (Å²) in [5.74, 6) is 0. The number of hydrogen-bond donors (Lipinski definition) is 1. The number of nitrogens with two attached hydrogens (primary N) is 1. The van der Waals surface area contributed by atoms with Crippen LogP contribution in [-0.2, 0) is 0 Å². The van der Waals surface area contributed by atoms with Crippen molar-refractivity contribution in [1.29, 1.82) is 0 Å². The zero-order valence-electron chi connectivity index (χ0n) is 8.95. The molecule has 0 aromatic heterocycles. The molecule has 0 unspecified atom stereocenters. The Kier molecular flexibility index (Phi) is 5.08. The van der Waals surface area contributed by atoms with Crippen LogP contribution in [0.1, 0.15) is 19.3 Å². The molecule has 2 nitrogen and oxygen atoms in total. The van der Waals surface area contributed by atoms with Crippen molar-refractivity contribution >= 4 is 5.69 Å². The molecule has 0 saturated carbocycles. The number of hydrogen-bond acceptors (Lipinski definition) is 2. The molecule has 1 aromatic carbocycles. The van der Waals surface area contributed by atoms with Gasteiger partial charge in [-0.2, -0.15) is 0 Å². The molecule has 1 aromatic rings. The number of piperidine rings is 1. The van der Waals surface area contributed by atoms with Crippen LogP contribution < -0.4 is 10.6 Å². The molecule has 0 spiro atoms. The van der Waals surface area contributed by atoms with Crippen LogP contribution in [0.5, 0.6) is 0 Å². The van der Waals surface area contributed by atoms with E-state index in [2.05, 4.69) is 41.0 Å². The molecule has 0 atom stereocenters. The zero-order chi connectivity index (χ0) is 10.2. The minimum Gasteiger partial charge on any atom is -0.372 e. The second-order valence-electron chi connectivity index (χ2n) is 3.38. The summed E-state index contributed by atoms with van der Waals surface area (Å²) in [6, 6.07) is 10.7. The molecule has 0 bridgehead atoms. The van der Waals surface area contributed by atoms with Gasteiger partial charge in [-0.1, -0.05) is 18.2 Å². The second-order valence-corrected chi connectivity index (χ2v) is 3.38. The van der Waals surface area contributed by atoms with Gasteiger partial charge in [0.25, 0.3) is 0 Å². The van der Waals surface area contributed by atoms with Crippen LogP contribution in [0.2, 0.25) is 0 Å². The van der Waals surface area contributed by atoms with Crippen molar-refractivity contribution in [3.8, 4) is 0 Å². The first kappa shape index (κ1) is 11.1. The lowest BCUT2D eigenvalue weighted by atomic mass is 10.1. The Balaban J connectivity index is 0.000000461. The predicted molar refractivity (Wildman–Crippen MR) is 62.6 cm³/mol. The third-order valence-electron chi connectivity index (χ3n) is 2.48. The molecule has 2 heteroatoms. The molecule has 2 rings (SSSR count). The third kappa shape index (κ3) is 3.04. The molecule has 1 fully saturated rings. The Hall–Kier alpha value is -1.02. The first-order valence-electron chi connectivity index (χ1n) is 5.34. The van der Waals surface area contributed by atoms with Crippen molar-refractivity contribution in [2.45, 2.75) is 19.3 Å². The number of rotatable bonds is 1. The molecule has 1 aliphatic heterocycles. The van der Waals surface area contributed by atoms with Crippen molar-refractivity contribution in [2.75, 3.05) is 25.0 Å². The van der Waals surface area contributed by atoms with Crippen LogP contribution >= 0.6 is 0 Å². The average molecular weight is 192 g/mol. The van der Waals surface area contributed by atoms with Gasteiger partial charge in [-0.05, 0) is 38.4 Å². The Labute approximate surface area is 86.7 Å². The van der Waals surface area contributed by atoms with E-state index < -0.39 is 0 Å². The van der Waals surface area contributed by atoms with E-state index in [1.165, 1.54) is 45.1 Å². The predicted octanol–water partition coefficient (Wildman–Crippen LogP) is 2.25. The fraction of sp³-hybridized carbons (Fsp3) is 0.500. The molecule has 78 valence electrons. The highest BCUT2D eigenvalue weighted by molar-refractivity contribution is 5.46. The molecular formula is C12H20N2. The van der Waals surface area contributed by atoms with Gasteiger partial charge in [-0.25, -0.2) is 0 Å². The summed E-state index contributed by atoms with van der Waals surface area (Å²) in [6.45, 7) is 2.48. The summed E-state index contributed by atoms with van der Waals surface area (Å²) in [5.41, 5.74) is 5.89. The van der Waals surface area contributed by atoms with E-state index in [1.807, 2.05) is 0 Å². The van der Waals surface area contributed by atoms with Crippen LogP contribution in [0.15, 0.2) is 30.3 Å². The monoisotopic (exact) mass is 192 g/mol. The maximum Gasteiger partial charge on any atom is 0.0366 e. The smallest absolute Gasteiger partial charge is 0.0366 e. The van der Waals surface area contributed by atoms with Crippen molar-refractivity contribution in [1.82, 2.24) is 0 Å². The molecule has 0 aliphatic carbocycles. The Morgan fingerprint density at radius 2 is 1.50 bits per heavy atom. The van der Waals surface area contributed by atoms with Crippen LogP contribution in [0, 0.1) is 0 Å². The van der Waals surface area contributed by atoms with E-state index in [4.69, 9.17) is 0 Å². The summed E-state index contributed by atoms with van der Waals surface area (Å²) in [4.78, 5) is 2.48. The average Bonchev–Trinajstić information content (AvgIpc) is 2.34. The van der Waals surface area contributed by atoms with Gasteiger partial charge in [0, 0.05) is 18.8 Å². The van der Waals surface area contributed by atoms with Gasteiger partial charge in [0.15, 0.2) is 0 Å². The highest BCUT2D eigenvalue weighted by Crippen LogP contribution is 2.18. The first-order chi connectivity index (χ1) is 6.97. The fourth-order valence-electron chi connectivity index (χ4n) is 1.79. The van der Waals surface area contributed by atoms with Crippen molar-refractivity contribution in [2.24, 2.45) is 5.73 Å². The number of benzene rings is 1. The Morgan fingerprint density at radius 1 is 0.929 bits per heavy atom. The second kappa shape index (κ2) is 6.44. The Morgan fingerprint density at radius 3 is 2.07 bits per heavy atom. The van der Waals surface area contributed by atoms with Crippen molar-refractivity contribution < 1.29 is 0 Å². The van der Waals surface area contributed by atoms with E-state index >= 15 is 0 Å². The van der Waals surface area contributed by atoms with Gasteiger partial charge >= 0.3 is 0 Å². The van der Waals surface area contributed by atoms with Gasteiger partial charge < -0.3 is 10.6 Å². The minimum atomic E-state index is 1.24. The molecular weight excluding hydrogens is 172 g/mol. The van der Waals surface area contributed by atoms with Crippen LogP contribution in [0.4, 0.5) is 5.69 Å². The topological polar surface area (TPSA) is 29.3 Å². The highest BCUT2D eigenvalue weighted by Gasteiger charge is 2.09. The summed E-state index contributed by atoms with van der Waals surface area (Å²) in [6.07, 6.45) is 4.12. The lowest BCUT2D eigenvalue weighted by Crippen LogP contribution is -2.29. The van der Waals surface area contributed by atoms with E-state index in [0.717, 1.165) is 0 Å². The third-order valence-corrected chi connectivity index (χ3v) is 2.48. The number of anilines is 1. The van der Waals surface area contributed by atoms with Gasteiger partial charge in [-0.3, -0.25) is 0 Å². The maximum absolute atomic E-state index is 4.50. The Bertz CT molecular complexity index is 227. The molecule has 0 radical (unpaired) electrons. The molecule has 14 heavy (non-hydrogen) atoms. The highest BCUT2D eigenvalue weighted by atomic mass is 15.1. The zero-order valence-corrected chi connectivity index (χ0v) is 8.95. The number of para-hydroxylation sites is 1. The summed E-state index contributed by atoms with van der Waals surface area (Å²) in [7, 11) is 1.50. The van der Waals surface area contributed by atoms with E-state index in [-0.39, 0.29) is 0 Å². The van der Waals surface area contributed by atoms with Crippen LogP contribution in [0.3, 0.4) is 0 Å². The van der Waals surface area contributed by atoms with Crippen molar-refractivity contribution in [3.63, 3.8) is 0 Å². The molecule has 1 aliphatic rings. The van der Waals surface area contributed by atoms with Gasteiger partial charge in [0.2, 0.25) is 0 Å².